The van der Waals surface area contributed by atoms with Crippen LogP contribution in [0.2, 0.25) is 0 Å². The molecule has 1 heterocycles. The van der Waals surface area contributed by atoms with E-state index in [2.05, 4.69) is 6.58 Å². The maximum atomic E-state index is 13.4. The van der Waals surface area contributed by atoms with Gasteiger partial charge in [-0.15, -0.1) is 0 Å². The second-order valence-corrected chi connectivity index (χ2v) is 9.12. The second-order valence-electron chi connectivity index (χ2n) is 9.12. The Morgan fingerprint density at radius 1 is 1.46 bits per heavy atom. The molecule has 3 fully saturated rings. The molecule has 0 radical (unpaired) electrons. The van der Waals surface area contributed by atoms with Crippen LogP contribution in [0.15, 0.2) is 23.8 Å². The average Bonchev–Trinajstić information content (AvgIpc) is 2.72. The fraction of sp³-hybridized carbons (Fsp3) is 0.714. The van der Waals surface area contributed by atoms with Crippen molar-refractivity contribution in [2.24, 2.45) is 29.1 Å². The van der Waals surface area contributed by atoms with Gasteiger partial charge in [0.15, 0.2) is 5.79 Å². The van der Waals surface area contributed by atoms with Crippen molar-refractivity contribution in [3.05, 3.63) is 23.8 Å². The Kier molecular flexibility index (Phi) is 3.65. The van der Waals surface area contributed by atoms with Crippen molar-refractivity contribution >= 4 is 11.8 Å². The molecule has 2 bridgehead atoms. The molecule has 2 saturated carbocycles. The van der Waals surface area contributed by atoms with Gasteiger partial charge in [0, 0.05) is 35.7 Å². The first kappa shape index (κ1) is 17.9. The molecule has 4 rings (SSSR count). The topological polar surface area (TPSA) is 72.8 Å². The SMILES string of the molecule is C=C1CC[C@@H]2[C@]3(C)[C@H]4C(=O)[C@@H](C(C)C)C[C@]3(O)O[C@]2(C=C4C(=O)OC)C1. The van der Waals surface area contributed by atoms with E-state index in [-0.39, 0.29) is 30.0 Å². The number of ketones is 1. The Morgan fingerprint density at radius 2 is 2.15 bits per heavy atom. The van der Waals surface area contributed by atoms with Crippen LogP contribution in [0.5, 0.6) is 0 Å². The lowest BCUT2D eigenvalue weighted by Crippen LogP contribution is -2.62. The van der Waals surface area contributed by atoms with Crippen molar-refractivity contribution in [1.82, 2.24) is 0 Å². The number of esters is 1. The zero-order valence-corrected chi connectivity index (χ0v) is 16.0. The molecular weight excluding hydrogens is 332 g/mol. The van der Waals surface area contributed by atoms with Gasteiger partial charge in [0.05, 0.1) is 18.6 Å². The molecule has 0 unspecified atom stereocenters. The zero-order valence-electron chi connectivity index (χ0n) is 16.0. The Morgan fingerprint density at radius 3 is 2.77 bits per heavy atom. The van der Waals surface area contributed by atoms with Gasteiger partial charge in [-0.1, -0.05) is 32.9 Å². The highest BCUT2D eigenvalue weighted by atomic mass is 16.7. The molecule has 1 N–H and O–H groups in total. The number of carbonyl (C=O) groups excluding carboxylic acids is 2. The fourth-order valence-corrected chi connectivity index (χ4v) is 6.27. The molecule has 6 atom stereocenters. The van der Waals surface area contributed by atoms with Crippen LogP contribution in [-0.2, 0) is 19.1 Å². The first-order valence-electron chi connectivity index (χ1n) is 9.53. The van der Waals surface area contributed by atoms with E-state index in [1.54, 1.807) is 6.08 Å². The summed E-state index contributed by atoms with van der Waals surface area (Å²) in [7, 11) is 1.33. The van der Waals surface area contributed by atoms with Crippen molar-refractivity contribution in [3.63, 3.8) is 0 Å². The zero-order chi connectivity index (χ0) is 19.1. The highest BCUT2D eigenvalue weighted by molar-refractivity contribution is 6.00. The molecule has 3 aliphatic carbocycles. The molecule has 4 aliphatic rings. The van der Waals surface area contributed by atoms with Crippen LogP contribution in [0, 0.1) is 29.1 Å². The summed E-state index contributed by atoms with van der Waals surface area (Å²) in [4.78, 5) is 26.1. The number of rotatable bonds is 2. The predicted molar refractivity (Wildman–Crippen MR) is 94.9 cm³/mol. The van der Waals surface area contributed by atoms with E-state index in [9.17, 15) is 14.7 Å². The van der Waals surface area contributed by atoms with E-state index in [4.69, 9.17) is 9.47 Å². The Bertz CT molecular complexity index is 737. The number of Topliss-reactive ketones (excluding diaryl/α,β-unsaturated/α-hetero) is 1. The summed E-state index contributed by atoms with van der Waals surface area (Å²) in [6, 6.07) is 0. The Labute approximate surface area is 154 Å². The first-order valence-corrected chi connectivity index (χ1v) is 9.53. The fourth-order valence-electron chi connectivity index (χ4n) is 6.27. The van der Waals surface area contributed by atoms with E-state index in [0.29, 0.717) is 12.0 Å². The summed E-state index contributed by atoms with van der Waals surface area (Å²) in [5, 5.41) is 11.7. The maximum Gasteiger partial charge on any atom is 0.334 e. The van der Waals surface area contributed by atoms with E-state index in [1.165, 1.54) is 7.11 Å². The van der Waals surface area contributed by atoms with E-state index in [1.807, 2.05) is 20.8 Å². The Hall–Kier alpha value is -1.46. The number of ether oxygens (including phenoxy) is 2. The summed E-state index contributed by atoms with van der Waals surface area (Å²) in [5.74, 6) is -2.87. The lowest BCUT2D eigenvalue weighted by atomic mass is 9.47. The standard InChI is InChI=1S/C21H28O5/c1-11(2)13-10-21(24)19(4)15-7-6-12(3)8-20(15,26-21)9-14(18(23)25-5)16(19)17(13)22/h9,11,13,15-16,24H,3,6-8,10H2,1-2,4-5H3/t13-,15-,16-,19-,20+,21+/m1/s1. The van der Waals surface area contributed by atoms with Gasteiger partial charge < -0.3 is 14.6 Å². The average molecular weight is 360 g/mol. The van der Waals surface area contributed by atoms with Gasteiger partial charge in [-0.3, -0.25) is 4.79 Å². The van der Waals surface area contributed by atoms with Gasteiger partial charge in [0.2, 0.25) is 0 Å². The van der Waals surface area contributed by atoms with Crippen LogP contribution in [0.25, 0.3) is 0 Å². The van der Waals surface area contributed by atoms with Crippen molar-refractivity contribution in [3.8, 4) is 0 Å². The van der Waals surface area contributed by atoms with Gasteiger partial charge in [-0.2, -0.15) is 0 Å². The molecule has 5 nitrogen and oxygen atoms in total. The minimum absolute atomic E-state index is 0.0130. The van der Waals surface area contributed by atoms with Crippen LogP contribution in [-0.4, -0.2) is 35.4 Å². The van der Waals surface area contributed by atoms with Gasteiger partial charge in [-0.05, 0) is 24.8 Å². The lowest BCUT2D eigenvalue weighted by molar-refractivity contribution is -0.271. The van der Waals surface area contributed by atoms with Crippen LogP contribution >= 0.6 is 0 Å². The molecule has 0 aromatic carbocycles. The summed E-state index contributed by atoms with van der Waals surface area (Å²) in [6.45, 7) is 10.0. The highest BCUT2D eigenvalue weighted by Crippen LogP contribution is 2.71. The second kappa shape index (κ2) is 5.29. The molecule has 0 aromatic rings. The maximum absolute atomic E-state index is 13.4. The normalized spacial score (nSPS) is 46.8. The van der Waals surface area contributed by atoms with Gasteiger partial charge >= 0.3 is 5.97 Å². The minimum Gasteiger partial charge on any atom is -0.466 e. The van der Waals surface area contributed by atoms with Gasteiger partial charge in [0.1, 0.15) is 5.78 Å². The van der Waals surface area contributed by atoms with Crippen LogP contribution in [0.4, 0.5) is 0 Å². The van der Waals surface area contributed by atoms with Crippen molar-refractivity contribution < 1.29 is 24.2 Å². The smallest absolute Gasteiger partial charge is 0.334 e. The first-order chi connectivity index (χ1) is 12.1. The largest absolute Gasteiger partial charge is 0.466 e. The highest BCUT2D eigenvalue weighted by Gasteiger charge is 2.77. The van der Waals surface area contributed by atoms with Gasteiger partial charge in [0.25, 0.3) is 0 Å². The van der Waals surface area contributed by atoms with E-state index >= 15 is 0 Å². The summed E-state index contributed by atoms with van der Waals surface area (Å²) in [5.41, 5.74) is -0.190. The number of aliphatic hydroxyl groups is 1. The molecule has 142 valence electrons. The van der Waals surface area contributed by atoms with Crippen LogP contribution in [0.3, 0.4) is 0 Å². The summed E-state index contributed by atoms with van der Waals surface area (Å²) >= 11 is 0. The third kappa shape index (κ3) is 1.93. The molecule has 26 heavy (non-hydrogen) atoms. The number of hydrogen-bond donors (Lipinski definition) is 1. The minimum atomic E-state index is -1.43. The molecule has 1 saturated heterocycles. The number of carbonyl (C=O) groups is 2. The molecule has 0 spiro atoms. The predicted octanol–water partition coefficient (Wildman–Crippen LogP) is 2.78. The van der Waals surface area contributed by atoms with E-state index in [0.717, 1.165) is 18.4 Å². The molecule has 5 heteroatoms. The molecule has 0 aromatic heterocycles. The quantitative estimate of drug-likeness (QED) is 0.605. The van der Waals surface area contributed by atoms with Crippen LogP contribution in [0.1, 0.15) is 46.5 Å². The van der Waals surface area contributed by atoms with Crippen LogP contribution < -0.4 is 0 Å². The van der Waals surface area contributed by atoms with Gasteiger partial charge in [-0.25, -0.2) is 4.79 Å². The van der Waals surface area contributed by atoms with Crippen molar-refractivity contribution in [2.75, 3.05) is 7.11 Å². The van der Waals surface area contributed by atoms with Crippen molar-refractivity contribution in [2.45, 2.75) is 57.8 Å². The molecular formula is C21H28O5. The summed E-state index contributed by atoms with van der Waals surface area (Å²) in [6.07, 6.45) is 4.31. The Balaban J connectivity index is 1.96. The monoisotopic (exact) mass is 360 g/mol. The third-order valence-corrected chi connectivity index (χ3v) is 7.51. The summed E-state index contributed by atoms with van der Waals surface area (Å²) < 4.78 is 11.4. The van der Waals surface area contributed by atoms with E-state index < -0.39 is 28.7 Å². The third-order valence-electron chi connectivity index (χ3n) is 7.51. The number of methoxy groups -OCH3 is 1. The van der Waals surface area contributed by atoms with Crippen molar-refractivity contribution in [1.29, 1.82) is 0 Å². The molecule has 0 amide bonds. The lowest BCUT2D eigenvalue weighted by Gasteiger charge is -2.54. The molecule has 1 aliphatic heterocycles. The number of hydrogen-bond acceptors (Lipinski definition) is 5.